The molecule has 0 bridgehead atoms. The summed E-state index contributed by atoms with van der Waals surface area (Å²) in [6.07, 6.45) is 1.68. The molecule has 0 radical (unpaired) electrons. The van der Waals surface area contributed by atoms with Gasteiger partial charge in [-0.2, -0.15) is 0 Å². The molecule has 0 spiro atoms. The lowest BCUT2D eigenvalue weighted by atomic mass is 10.0. The Balaban J connectivity index is 3.66. The van der Waals surface area contributed by atoms with Crippen molar-refractivity contribution in [1.29, 1.82) is 0 Å². The van der Waals surface area contributed by atoms with E-state index in [0.29, 0.717) is 5.56 Å². The predicted octanol–water partition coefficient (Wildman–Crippen LogP) is 2.13. The van der Waals surface area contributed by atoms with Crippen LogP contribution in [0.1, 0.15) is 44.0 Å². The first-order valence-corrected chi connectivity index (χ1v) is 7.74. The normalized spacial score (nSPS) is 12.1. The smallest absolute Gasteiger partial charge is 0.267 e. The molecule has 102 valence electrons. The summed E-state index contributed by atoms with van der Waals surface area (Å²) in [6, 6.07) is 0. The van der Waals surface area contributed by atoms with Gasteiger partial charge in [-0.3, -0.25) is 4.79 Å². The summed E-state index contributed by atoms with van der Waals surface area (Å²) in [5, 5.41) is -0.588. The number of sulfone groups is 1. The van der Waals surface area contributed by atoms with Crippen LogP contribution in [-0.2, 0) is 16.3 Å². The standard InChI is InChI=1S/C13H21NO3S/c1-6-7-11-9(4)12(13(15)14-10(11)5)18(16,17)8(2)3/h8H,6-7H2,1-5H3,(H,14,15). The first-order valence-electron chi connectivity index (χ1n) is 6.19. The molecule has 0 saturated carbocycles. The van der Waals surface area contributed by atoms with E-state index in [-0.39, 0.29) is 4.90 Å². The van der Waals surface area contributed by atoms with Crippen LogP contribution in [0.4, 0.5) is 0 Å². The van der Waals surface area contributed by atoms with Crippen molar-refractivity contribution in [1.82, 2.24) is 4.98 Å². The van der Waals surface area contributed by atoms with Gasteiger partial charge in [0, 0.05) is 5.69 Å². The summed E-state index contributed by atoms with van der Waals surface area (Å²) in [7, 11) is -3.54. The number of H-pyrrole nitrogens is 1. The molecule has 0 saturated heterocycles. The summed E-state index contributed by atoms with van der Waals surface area (Å²) < 4.78 is 24.4. The average molecular weight is 271 g/mol. The second-order valence-corrected chi connectivity index (χ2v) is 7.30. The van der Waals surface area contributed by atoms with Gasteiger partial charge in [0.15, 0.2) is 9.84 Å². The van der Waals surface area contributed by atoms with Crippen molar-refractivity contribution >= 4 is 9.84 Å². The first kappa shape index (κ1) is 15.0. The highest BCUT2D eigenvalue weighted by atomic mass is 32.2. The van der Waals surface area contributed by atoms with Crippen LogP contribution in [0.3, 0.4) is 0 Å². The minimum absolute atomic E-state index is 0.0634. The Morgan fingerprint density at radius 2 is 1.78 bits per heavy atom. The fraction of sp³-hybridized carbons (Fsp3) is 0.615. The molecule has 1 heterocycles. The van der Waals surface area contributed by atoms with Gasteiger partial charge in [0.2, 0.25) is 0 Å². The van der Waals surface area contributed by atoms with Gasteiger partial charge in [-0.1, -0.05) is 13.3 Å². The molecule has 0 unspecified atom stereocenters. The van der Waals surface area contributed by atoms with Crippen LogP contribution < -0.4 is 5.56 Å². The van der Waals surface area contributed by atoms with Crippen molar-refractivity contribution in [2.75, 3.05) is 0 Å². The van der Waals surface area contributed by atoms with Crippen LogP contribution in [-0.4, -0.2) is 18.7 Å². The van der Waals surface area contributed by atoms with Crippen molar-refractivity contribution in [2.24, 2.45) is 0 Å². The third kappa shape index (κ3) is 2.51. The zero-order valence-electron chi connectivity index (χ0n) is 11.6. The van der Waals surface area contributed by atoms with Crippen molar-refractivity contribution in [3.63, 3.8) is 0 Å². The lowest BCUT2D eigenvalue weighted by Crippen LogP contribution is -2.27. The highest BCUT2D eigenvalue weighted by molar-refractivity contribution is 7.92. The fourth-order valence-electron chi connectivity index (χ4n) is 2.09. The molecular formula is C13H21NO3S. The number of hydrogen-bond acceptors (Lipinski definition) is 3. The second kappa shape index (κ2) is 5.26. The molecule has 0 aliphatic carbocycles. The van der Waals surface area contributed by atoms with Gasteiger partial charge in [0.1, 0.15) is 4.90 Å². The van der Waals surface area contributed by atoms with Crippen molar-refractivity contribution in [3.05, 3.63) is 27.2 Å². The number of aromatic amines is 1. The van der Waals surface area contributed by atoms with Crippen LogP contribution in [0.25, 0.3) is 0 Å². The molecular weight excluding hydrogens is 250 g/mol. The second-order valence-electron chi connectivity index (χ2n) is 4.86. The zero-order chi connectivity index (χ0) is 14.1. The largest absolute Gasteiger partial charge is 0.325 e. The van der Waals surface area contributed by atoms with Crippen molar-refractivity contribution < 1.29 is 8.42 Å². The van der Waals surface area contributed by atoms with Gasteiger partial charge < -0.3 is 4.98 Å². The fourth-order valence-corrected chi connectivity index (χ4v) is 3.43. The Labute approximate surface area is 108 Å². The molecule has 0 atom stereocenters. The highest BCUT2D eigenvalue weighted by Crippen LogP contribution is 2.21. The van der Waals surface area contributed by atoms with Gasteiger partial charge >= 0.3 is 0 Å². The Bertz CT molecular complexity index is 597. The maximum absolute atomic E-state index is 12.2. The van der Waals surface area contributed by atoms with Crippen LogP contribution >= 0.6 is 0 Å². The topological polar surface area (TPSA) is 67.0 Å². The lowest BCUT2D eigenvalue weighted by molar-refractivity contribution is 0.584. The maximum atomic E-state index is 12.2. The quantitative estimate of drug-likeness (QED) is 0.912. The molecule has 0 aliphatic heterocycles. The van der Waals surface area contributed by atoms with Gasteiger partial charge in [0.25, 0.3) is 5.56 Å². The molecule has 5 heteroatoms. The van der Waals surface area contributed by atoms with Crippen molar-refractivity contribution in [3.8, 4) is 0 Å². The van der Waals surface area contributed by atoms with Crippen LogP contribution in [0, 0.1) is 13.8 Å². The number of aromatic nitrogens is 1. The van der Waals surface area contributed by atoms with Crippen molar-refractivity contribution in [2.45, 2.75) is 57.6 Å². The predicted molar refractivity (Wildman–Crippen MR) is 72.9 cm³/mol. The van der Waals surface area contributed by atoms with E-state index in [2.05, 4.69) is 4.98 Å². The molecule has 1 rings (SSSR count). The van der Waals surface area contributed by atoms with Crippen LogP contribution in [0.5, 0.6) is 0 Å². The minimum atomic E-state index is -3.54. The molecule has 1 N–H and O–H groups in total. The summed E-state index contributed by atoms with van der Waals surface area (Å²) in [5.41, 5.74) is 1.81. The Morgan fingerprint density at radius 1 is 1.22 bits per heavy atom. The summed E-state index contributed by atoms with van der Waals surface area (Å²) in [4.78, 5) is 14.5. The zero-order valence-corrected chi connectivity index (χ0v) is 12.4. The van der Waals surface area contributed by atoms with Gasteiger partial charge in [-0.25, -0.2) is 8.42 Å². The van der Waals surface area contributed by atoms with Crippen LogP contribution in [0.2, 0.25) is 0 Å². The first-order chi connectivity index (χ1) is 8.23. The molecule has 1 aromatic rings. The lowest BCUT2D eigenvalue weighted by Gasteiger charge is -2.15. The summed E-state index contributed by atoms with van der Waals surface area (Å²) in [5.74, 6) is 0. The Kier molecular flexibility index (Phi) is 4.37. The molecule has 0 fully saturated rings. The Hall–Kier alpha value is -1.10. The monoisotopic (exact) mass is 271 g/mol. The van der Waals surface area contributed by atoms with E-state index in [9.17, 15) is 13.2 Å². The molecule has 18 heavy (non-hydrogen) atoms. The highest BCUT2D eigenvalue weighted by Gasteiger charge is 2.26. The average Bonchev–Trinajstić information content (AvgIpc) is 2.23. The van der Waals surface area contributed by atoms with Gasteiger partial charge in [-0.15, -0.1) is 0 Å². The number of aryl methyl sites for hydroxylation is 1. The van der Waals surface area contributed by atoms with E-state index < -0.39 is 20.6 Å². The van der Waals surface area contributed by atoms with E-state index in [4.69, 9.17) is 0 Å². The van der Waals surface area contributed by atoms with E-state index in [1.807, 2.05) is 13.8 Å². The van der Waals surface area contributed by atoms with E-state index in [0.717, 1.165) is 24.1 Å². The molecule has 4 nitrogen and oxygen atoms in total. The summed E-state index contributed by atoms with van der Waals surface area (Å²) in [6.45, 7) is 8.75. The van der Waals surface area contributed by atoms with E-state index in [1.54, 1.807) is 20.8 Å². The molecule has 1 aromatic heterocycles. The SMILES string of the molecule is CCCc1c(C)[nH]c(=O)c(S(=O)(=O)C(C)C)c1C. The van der Waals surface area contributed by atoms with Gasteiger partial charge in [-0.05, 0) is 45.2 Å². The number of rotatable bonds is 4. The molecule has 0 aromatic carbocycles. The van der Waals surface area contributed by atoms with E-state index in [1.165, 1.54) is 0 Å². The number of hydrogen-bond donors (Lipinski definition) is 1. The number of pyridine rings is 1. The Morgan fingerprint density at radius 3 is 2.22 bits per heavy atom. The molecule has 0 amide bonds. The minimum Gasteiger partial charge on any atom is -0.325 e. The third-order valence-electron chi connectivity index (χ3n) is 3.16. The van der Waals surface area contributed by atoms with Gasteiger partial charge in [0.05, 0.1) is 5.25 Å². The maximum Gasteiger partial charge on any atom is 0.267 e. The number of nitrogens with one attached hydrogen (secondary N) is 1. The molecule has 0 aliphatic rings. The summed E-state index contributed by atoms with van der Waals surface area (Å²) >= 11 is 0. The van der Waals surface area contributed by atoms with E-state index >= 15 is 0 Å². The van der Waals surface area contributed by atoms with Crippen LogP contribution in [0.15, 0.2) is 9.69 Å². The third-order valence-corrected chi connectivity index (χ3v) is 5.46.